The highest BCUT2D eigenvalue weighted by Gasteiger charge is 2.11. The first-order valence-corrected chi connectivity index (χ1v) is 4.97. The molecule has 74 valence electrons. The van der Waals surface area contributed by atoms with E-state index in [0.717, 1.165) is 11.2 Å². The third-order valence-corrected chi connectivity index (χ3v) is 2.71. The van der Waals surface area contributed by atoms with Gasteiger partial charge in [-0.15, -0.1) is 0 Å². The van der Waals surface area contributed by atoms with E-state index in [2.05, 4.69) is 37.9 Å². The molecule has 14 heavy (non-hydrogen) atoms. The lowest BCUT2D eigenvalue weighted by molar-refractivity contribution is 0.867. The van der Waals surface area contributed by atoms with Crippen molar-refractivity contribution in [1.82, 2.24) is 4.98 Å². The molecule has 2 nitrogen and oxygen atoms in total. The molecule has 1 aromatic heterocycles. The van der Waals surface area contributed by atoms with Crippen LogP contribution in [-0.4, -0.2) is 4.98 Å². The quantitative estimate of drug-likeness (QED) is 0.709. The minimum Gasteiger partial charge on any atom is -0.397 e. The van der Waals surface area contributed by atoms with Crippen LogP contribution >= 0.6 is 0 Å². The smallest absolute Gasteiger partial charge is 0.0574 e. The minimum atomic E-state index is 0.511. The van der Waals surface area contributed by atoms with Crippen LogP contribution in [0.1, 0.15) is 30.9 Å². The Morgan fingerprint density at radius 1 is 1.29 bits per heavy atom. The lowest BCUT2D eigenvalue weighted by Gasteiger charge is -2.11. The van der Waals surface area contributed by atoms with Crippen LogP contribution in [0.15, 0.2) is 18.3 Å². The second-order valence-electron chi connectivity index (χ2n) is 4.12. The van der Waals surface area contributed by atoms with Crippen LogP contribution < -0.4 is 5.73 Å². The van der Waals surface area contributed by atoms with Gasteiger partial charge in [0.05, 0.1) is 5.69 Å². The van der Waals surface area contributed by atoms with Crippen molar-refractivity contribution in [3.05, 3.63) is 29.5 Å². The number of nitrogens with two attached hydrogens (primary N) is 1. The molecule has 0 aliphatic rings. The van der Waals surface area contributed by atoms with Gasteiger partial charge in [-0.25, -0.2) is 0 Å². The number of anilines is 1. The lowest BCUT2D eigenvalue weighted by atomic mass is 9.94. The standard InChI is InChI=1S/C12H16N2/c1-7(2)11-8(3)4-5-10-12(11)9(13)6-14-10/h4-7,14H,13H2,1-3H3. The molecule has 0 aliphatic carbocycles. The van der Waals surface area contributed by atoms with Crippen molar-refractivity contribution < 1.29 is 0 Å². The van der Waals surface area contributed by atoms with Crippen LogP contribution in [0.2, 0.25) is 0 Å². The Balaban J connectivity index is 2.87. The van der Waals surface area contributed by atoms with Gasteiger partial charge in [0.15, 0.2) is 0 Å². The number of nitrogens with one attached hydrogen (secondary N) is 1. The van der Waals surface area contributed by atoms with Gasteiger partial charge in [0, 0.05) is 17.1 Å². The van der Waals surface area contributed by atoms with Crippen molar-refractivity contribution in [2.75, 3.05) is 5.73 Å². The van der Waals surface area contributed by atoms with E-state index in [1.165, 1.54) is 16.5 Å². The van der Waals surface area contributed by atoms with Gasteiger partial charge in [0.2, 0.25) is 0 Å². The summed E-state index contributed by atoms with van der Waals surface area (Å²) in [7, 11) is 0. The Bertz CT molecular complexity index is 466. The zero-order valence-electron chi connectivity index (χ0n) is 8.89. The number of aromatic amines is 1. The number of rotatable bonds is 1. The molecule has 0 bridgehead atoms. The number of aryl methyl sites for hydroxylation is 1. The van der Waals surface area contributed by atoms with Crippen LogP contribution in [0.25, 0.3) is 10.9 Å². The van der Waals surface area contributed by atoms with E-state index in [-0.39, 0.29) is 0 Å². The van der Waals surface area contributed by atoms with Crippen LogP contribution in [0.5, 0.6) is 0 Å². The number of fused-ring (bicyclic) bond motifs is 1. The fourth-order valence-electron chi connectivity index (χ4n) is 2.13. The molecule has 0 saturated heterocycles. The van der Waals surface area contributed by atoms with E-state index < -0.39 is 0 Å². The van der Waals surface area contributed by atoms with Gasteiger partial charge in [0.1, 0.15) is 0 Å². The van der Waals surface area contributed by atoms with E-state index in [1.54, 1.807) is 0 Å². The largest absolute Gasteiger partial charge is 0.397 e. The summed E-state index contributed by atoms with van der Waals surface area (Å²) in [5, 5.41) is 1.19. The van der Waals surface area contributed by atoms with Gasteiger partial charge in [-0.1, -0.05) is 19.9 Å². The fraction of sp³-hybridized carbons (Fsp3) is 0.333. The van der Waals surface area contributed by atoms with Crippen molar-refractivity contribution in [1.29, 1.82) is 0 Å². The summed E-state index contributed by atoms with van der Waals surface area (Å²) in [6.45, 7) is 6.55. The van der Waals surface area contributed by atoms with Crippen LogP contribution in [0.3, 0.4) is 0 Å². The summed E-state index contributed by atoms with van der Waals surface area (Å²) >= 11 is 0. The van der Waals surface area contributed by atoms with Crippen molar-refractivity contribution >= 4 is 16.6 Å². The maximum Gasteiger partial charge on any atom is 0.0574 e. The molecule has 1 aromatic carbocycles. The molecular formula is C12H16N2. The Morgan fingerprint density at radius 3 is 2.64 bits per heavy atom. The van der Waals surface area contributed by atoms with Gasteiger partial charge in [-0.05, 0) is 30.0 Å². The topological polar surface area (TPSA) is 41.8 Å². The Labute approximate surface area is 84.1 Å². The molecule has 0 saturated carbocycles. The SMILES string of the molecule is Cc1ccc2[nH]cc(N)c2c1C(C)C. The zero-order valence-corrected chi connectivity index (χ0v) is 8.89. The van der Waals surface area contributed by atoms with E-state index in [1.807, 2.05) is 6.20 Å². The van der Waals surface area contributed by atoms with Crippen LogP contribution in [0.4, 0.5) is 5.69 Å². The summed E-state index contributed by atoms with van der Waals surface area (Å²) < 4.78 is 0. The molecule has 0 atom stereocenters. The Kier molecular flexibility index (Phi) is 1.99. The molecule has 0 radical (unpaired) electrons. The third-order valence-electron chi connectivity index (χ3n) is 2.71. The predicted octanol–water partition coefficient (Wildman–Crippen LogP) is 3.18. The monoisotopic (exact) mass is 188 g/mol. The van der Waals surface area contributed by atoms with Crippen molar-refractivity contribution in [3.8, 4) is 0 Å². The second kappa shape index (κ2) is 3.05. The Hall–Kier alpha value is -1.44. The summed E-state index contributed by atoms with van der Waals surface area (Å²) in [6.07, 6.45) is 1.87. The first-order valence-electron chi connectivity index (χ1n) is 4.97. The van der Waals surface area contributed by atoms with Gasteiger partial charge in [-0.3, -0.25) is 0 Å². The molecule has 0 spiro atoms. The zero-order chi connectivity index (χ0) is 10.3. The molecular weight excluding hydrogens is 172 g/mol. The number of aromatic nitrogens is 1. The van der Waals surface area contributed by atoms with E-state index >= 15 is 0 Å². The molecule has 2 aromatic rings. The summed E-state index contributed by atoms with van der Waals surface area (Å²) in [5.41, 5.74) is 10.6. The molecule has 0 fully saturated rings. The molecule has 2 rings (SSSR count). The molecule has 0 amide bonds. The van der Waals surface area contributed by atoms with Gasteiger partial charge >= 0.3 is 0 Å². The summed E-state index contributed by atoms with van der Waals surface area (Å²) in [6, 6.07) is 4.24. The summed E-state index contributed by atoms with van der Waals surface area (Å²) in [4.78, 5) is 3.19. The van der Waals surface area contributed by atoms with Crippen molar-refractivity contribution in [3.63, 3.8) is 0 Å². The molecule has 3 N–H and O–H groups in total. The number of benzene rings is 1. The van der Waals surface area contributed by atoms with E-state index in [9.17, 15) is 0 Å². The molecule has 2 heteroatoms. The second-order valence-corrected chi connectivity index (χ2v) is 4.12. The van der Waals surface area contributed by atoms with Gasteiger partial charge < -0.3 is 10.7 Å². The predicted molar refractivity (Wildman–Crippen MR) is 61.5 cm³/mol. The average Bonchev–Trinajstić information content (AvgIpc) is 2.47. The minimum absolute atomic E-state index is 0.511. The molecule has 1 heterocycles. The summed E-state index contributed by atoms with van der Waals surface area (Å²) in [5.74, 6) is 0.511. The normalized spacial score (nSPS) is 11.4. The average molecular weight is 188 g/mol. The van der Waals surface area contributed by atoms with Crippen LogP contribution in [0, 0.1) is 6.92 Å². The number of H-pyrrole nitrogens is 1. The highest BCUT2D eigenvalue weighted by Crippen LogP contribution is 2.32. The number of hydrogen-bond acceptors (Lipinski definition) is 1. The van der Waals surface area contributed by atoms with Crippen molar-refractivity contribution in [2.45, 2.75) is 26.7 Å². The molecule has 0 unspecified atom stereocenters. The number of hydrogen-bond donors (Lipinski definition) is 2. The maximum absolute atomic E-state index is 5.95. The highest BCUT2D eigenvalue weighted by molar-refractivity contribution is 5.95. The van der Waals surface area contributed by atoms with Crippen molar-refractivity contribution in [2.24, 2.45) is 0 Å². The Morgan fingerprint density at radius 2 is 2.00 bits per heavy atom. The fourth-order valence-corrected chi connectivity index (χ4v) is 2.13. The maximum atomic E-state index is 5.95. The van der Waals surface area contributed by atoms with E-state index in [0.29, 0.717) is 5.92 Å². The van der Waals surface area contributed by atoms with Gasteiger partial charge in [0.25, 0.3) is 0 Å². The lowest BCUT2D eigenvalue weighted by Crippen LogP contribution is -1.94. The van der Waals surface area contributed by atoms with Gasteiger partial charge in [-0.2, -0.15) is 0 Å². The first-order chi connectivity index (χ1) is 6.61. The number of nitrogen functional groups attached to an aromatic ring is 1. The highest BCUT2D eigenvalue weighted by atomic mass is 14.7. The van der Waals surface area contributed by atoms with E-state index in [4.69, 9.17) is 5.73 Å². The first kappa shape index (κ1) is 9.13. The third kappa shape index (κ3) is 1.18. The molecule has 0 aliphatic heterocycles. The van der Waals surface area contributed by atoms with Crippen LogP contribution in [-0.2, 0) is 0 Å².